The monoisotopic (exact) mass is 238 g/mol. The van der Waals surface area contributed by atoms with Gasteiger partial charge in [0.1, 0.15) is 5.69 Å². The minimum atomic E-state index is -0.380. The van der Waals surface area contributed by atoms with Gasteiger partial charge in [0, 0.05) is 12.5 Å². The Bertz CT molecular complexity index is 398. The van der Waals surface area contributed by atoms with E-state index in [-0.39, 0.29) is 24.1 Å². The second-order valence-electron chi connectivity index (χ2n) is 4.02. The first kappa shape index (κ1) is 13.4. The Morgan fingerprint density at radius 1 is 1.53 bits per heavy atom. The second-order valence-corrected chi connectivity index (χ2v) is 4.02. The van der Waals surface area contributed by atoms with Crippen molar-refractivity contribution < 1.29 is 14.3 Å². The number of methoxy groups -OCH3 is 1. The van der Waals surface area contributed by atoms with E-state index in [9.17, 15) is 9.59 Å². The number of hydrogen-bond acceptors (Lipinski definition) is 4. The average molecular weight is 238 g/mol. The number of carbonyl (C=O) groups is 2. The van der Waals surface area contributed by atoms with Gasteiger partial charge in [0.15, 0.2) is 5.78 Å². The van der Waals surface area contributed by atoms with Gasteiger partial charge in [-0.3, -0.25) is 9.59 Å². The van der Waals surface area contributed by atoms with Crippen molar-refractivity contribution in [3.05, 3.63) is 18.2 Å². The molecule has 0 saturated heterocycles. The first-order valence-electron chi connectivity index (χ1n) is 5.71. The Labute approximate surface area is 101 Å². The molecule has 0 aliphatic carbocycles. The van der Waals surface area contributed by atoms with E-state index in [1.807, 2.05) is 11.5 Å². The van der Waals surface area contributed by atoms with Crippen LogP contribution in [0.5, 0.6) is 0 Å². The molecule has 0 radical (unpaired) electrons. The Kier molecular flexibility index (Phi) is 4.87. The number of aryl methyl sites for hydroxylation is 1. The fourth-order valence-corrected chi connectivity index (χ4v) is 1.62. The summed E-state index contributed by atoms with van der Waals surface area (Å²) in [4.78, 5) is 27.2. The molecule has 1 aromatic heterocycles. The van der Waals surface area contributed by atoms with Crippen LogP contribution in [0.15, 0.2) is 12.5 Å². The van der Waals surface area contributed by atoms with Gasteiger partial charge in [-0.1, -0.05) is 13.8 Å². The highest BCUT2D eigenvalue weighted by Crippen LogP contribution is 2.13. The molecule has 0 aromatic carbocycles. The van der Waals surface area contributed by atoms with E-state index in [0.29, 0.717) is 5.69 Å². The van der Waals surface area contributed by atoms with Crippen LogP contribution in [0.3, 0.4) is 0 Å². The minimum absolute atomic E-state index is 0.0682. The molecule has 0 amide bonds. The molecule has 0 N–H and O–H groups in total. The molecule has 5 nitrogen and oxygen atoms in total. The molecule has 0 bridgehead atoms. The van der Waals surface area contributed by atoms with E-state index in [1.54, 1.807) is 19.4 Å². The van der Waals surface area contributed by atoms with E-state index >= 15 is 0 Å². The second kappa shape index (κ2) is 6.18. The predicted octanol–water partition coefficient (Wildman–Crippen LogP) is 1.68. The van der Waals surface area contributed by atoms with Gasteiger partial charge in [-0.05, 0) is 6.42 Å². The standard InChI is InChI=1S/C12H18N2O3/c1-4-5-14-8-13-7-10(14)12(16)9(2)6-11(15)17-3/h7-9H,4-6H2,1-3H3. The van der Waals surface area contributed by atoms with Crippen LogP contribution in [0, 0.1) is 5.92 Å². The fraction of sp³-hybridized carbons (Fsp3) is 0.583. The summed E-state index contributed by atoms with van der Waals surface area (Å²) < 4.78 is 6.37. The lowest BCUT2D eigenvalue weighted by molar-refractivity contribution is -0.141. The number of ether oxygens (including phenoxy) is 1. The van der Waals surface area contributed by atoms with Gasteiger partial charge in [-0.25, -0.2) is 4.98 Å². The third-order valence-corrected chi connectivity index (χ3v) is 2.58. The molecule has 1 heterocycles. The molecule has 1 rings (SSSR count). The number of imidazole rings is 1. The van der Waals surface area contributed by atoms with Crippen molar-refractivity contribution in [2.24, 2.45) is 5.92 Å². The summed E-state index contributed by atoms with van der Waals surface area (Å²) in [6, 6.07) is 0. The van der Waals surface area contributed by atoms with Crippen molar-refractivity contribution in [1.29, 1.82) is 0 Å². The predicted molar refractivity (Wildman–Crippen MR) is 62.6 cm³/mol. The Hall–Kier alpha value is -1.65. The summed E-state index contributed by atoms with van der Waals surface area (Å²) >= 11 is 0. The maximum absolute atomic E-state index is 12.1. The van der Waals surface area contributed by atoms with E-state index in [2.05, 4.69) is 9.72 Å². The maximum Gasteiger partial charge on any atom is 0.306 e. The number of nitrogens with zero attached hydrogens (tertiary/aromatic N) is 2. The molecule has 0 fully saturated rings. The first-order chi connectivity index (χ1) is 8.10. The summed E-state index contributed by atoms with van der Waals surface area (Å²) in [6.45, 7) is 4.51. The van der Waals surface area contributed by atoms with Gasteiger partial charge in [0.25, 0.3) is 0 Å². The van der Waals surface area contributed by atoms with Crippen molar-refractivity contribution in [2.75, 3.05) is 7.11 Å². The number of aromatic nitrogens is 2. The number of carbonyl (C=O) groups excluding carboxylic acids is 2. The lowest BCUT2D eigenvalue weighted by atomic mass is 10.0. The van der Waals surface area contributed by atoms with Crippen LogP contribution >= 0.6 is 0 Å². The summed E-state index contributed by atoms with van der Waals surface area (Å²) in [6.07, 6.45) is 4.22. The number of rotatable bonds is 6. The van der Waals surface area contributed by atoms with Crippen LogP contribution in [0.2, 0.25) is 0 Å². The van der Waals surface area contributed by atoms with Crippen LogP contribution in [0.4, 0.5) is 0 Å². The van der Waals surface area contributed by atoms with Crippen LogP contribution in [0.1, 0.15) is 37.2 Å². The minimum Gasteiger partial charge on any atom is -0.469 e. The third kappa shape index (κ3) is 3.41. The quantitative estimate of drug-likeness (QED) is 0.558. The number of Topliss-reactive ketones (excluding diaryl/α,β-unsaturated/α-hetero) is 1. The smallest absolute Gasteiger partial charge is 0.306 e. The highest BCUT2D eigenvalue weighted by molar-refractivity contribution is 5.97. The summed E-state index contributed by atoms with van der Waals surface area (Å²) in [5, 5.41) is 0. The molecule has 0 saturated carbocycles. The van der Waals surface area contributed by atoms with Crippen LogP contribution < -0.4 is 0 Å². The molecule has 1 aromatic rings. The Morgan fingerprint density at radius 2 is 2.24 bits per heavy atom. The molecule has 0 aliphatic heterocycles. The number of esters is 1. The van der Waals surface area contributed by atoms with Crippen molar-refractivity contribution >= 4 is 11.8 Å². The lowest BCUT2D eigenvalue weighted by Gasteiger charge is -2.10. The van der Waals surface area contributed by atoms with Gasteiger partial charge in [-0.2, -0.15) is 0 Å². The molecule has 17 heavy (non-hydrogen) atoms. The fourth-order valence-electron chi connectivity index (χ4n) is 1.62. The molecular formula is C12H18N2O3. The molecule has 1 unspecified atom stereocenters. The van der Waals surface area contributed by atoms with Gasteiger partial charge < -0.3 is 9.30 Å². The van der Waals surface area contributed by atoms with E-state index in [4.69, 9.17) is 0 Å². The van der Waals surface area contributed by atoms with Crippen molar-refractivity contribution in [1.82, 2.24) is 9.55 Å². The Morgan fingerprint density at radius 3 is 2.82 bits per heavy atom. The van der Waals surface area contributed by atoms with Gasteiger partial charge >= 0.3 is 5.97 Å². The first-order valence-corrected chi connectivity index (χ1v) is 5.71. The summed E-state index contributed by atoms with van der Waals surface area (Å²) in [5.74, 6) is -0.816. The molecule has 1 atom stereocenters. The topological polar surface area (TPSA) is 61.2 Å². The van der Waals surface area contributed by atoms with Gasteiger partial charge in [0.2, 0.25) is 0 Å². The highest BCUT2D eigenvalue weighted by Gasteiger charge is 2.21. The van der Waals surface area contributed by atoms with Crippen LogP contribution in [0.25, 0.3) is 0 Å². The molecule has 0 aliphatic rings. The third-order valence-electron chi connectivity index (χ3n) is 2.58. The SMILES string of the molecule is CCCn1cncc1C(=O)C(C)CC(=O)OC. The van der Waals surface area contributed by atoms with Crippen LogP contribution in [-0.2, 0) is 16.1 Å². The van der Waals surface area contributed by atoms with Crippen molar-refractivity contribution in [3.8, 4) is 0 Å². The normalized spacial score (nSPS) is 12.2. The highest BCUT2D eigenvalue weighted by atomic mass is 16.5. The van der Waals surface area contributed by atoms with E-state index in [1.165, 1.54) is 7.11 Å². The summed E-state index contributed by atoms with van der Waals surface area (Å²) in [5.41, 5.74) is 0.559. The largest absolute Gasteiger partial charge is 0.469 e. The van der Waals surface area contributed by atoms with Gasteiger partial charge in [-0.15, -0.1) is 0 Å². The van der Waals surface area contributed by atoms with Gasteiger partial charge in [0.05, 0.1) is 26.1 Å². The zero-order valence-corrected chi connectivity index (χ0v) is 10.5. The maximum atomic E-state index is 12.1. The zero-order valence-electron chi connectivity index (χ0n) is 10.5. The van der Waals surface area contributed by atoms with E-state index in [0.717, 1.165) is 13.0 Å². The van der Waals surface area contributed by atoms with Crippen molar-refractivity contribution in [3.63, 3.8) is 0 Å². The zero-order chi connectivity index (χ0) is 12.8. The average Bonchev–Trinajstić information content (AvgIpc) is 2.76. The molecule has 0 spiro atoms. The number of hydrogen-bond donors (Lipinski definition) is 0. The summed E-state index contributed by atoms with van der Waals surface area (Å²) in [7, 11) is 1.32. The number of ketones is 1. The molecular weight excluding hydrogens is 220 g/mol. The lowest BCUT2D eigenvalue weighted by Crippen LogP contribution is -2.19. The Balaban J connectivity index is 2.74. The molecule has 5 heteroatoms. The van der Waals surface area contributed by atoms with Crippen molar-refractivity contribution in [2.45, 2.75) is 33.2 Å². The van der Waals surface area contributed by atoms with E-state index < -0.39 is 0 Å². The molecule has 94 valence electrons. The van der Waals surface area contributed by atoms with Crippen LogP contribution in [-0.4, -0.2) is 28.4 Å².